The molecule has 0 aliphatic carbocycles. The van der Waals surface area contributed by atoms with Crippen LogP contribution in [0.15, 0.2) is 11.6 Å². The Bertz CT molecular complexity index is 261. The molecule has 0 radical (unpaired) electrons. The number of hydrogen-bond acceptors (Lipinski definition) is 1. The summed E-state index contributed by atoms with van der Waals surface area (Å²) in [4.78, 5) is 0. The topological polar surface area (TPSA) is 20.2 Å². The lowest BCUT2D eigenvalue weighted by molar-refractivity contribution is -0.338. The minimum absolute atomic E-state index is 0.0268. The summed E-state index contributed by atoms with van der Waals surface area (Å²) >= 11 is 0. The second kappa shape index (κ2) is 4.69. The van der Waals surface area contributed by atoms with Gasteiger partial charge in [0.05, 0.1) is 0 Å². The molecule has 0 saturated carbocycles. The van der Waals surface area contributed by atoms with Crippen LogP contribution >= 0.6 is 0 Å². The maximum absolute atomic E-state index is 12.8. The molecule has 0 bridgehead atoms. The second-order valence-electron chi connectivity index (χ2n) is 4.17. The number of rotatable bonds is 4. The fraction of sp³-hybridized carbons (Fsp3) is 0.800. The van der Waals surface area contributed by atoms with E-state index in [9.17, 15) is 27.1 Å². The highest BCUT2D eigenvalue weighted by Gasteiger charge is 2.67. The van der Waals surface area contributed by atoms with Crippen LogP contribution in [0.4, 0.5) is 22.0 Å². The third-order valence-electron chi connectivity index (χ3n) is 2.22. The van der Waals surface area contributed by atoms with Gasteiger partial charge < -0.3 is 5.11 Å². The quantitative estimate of drug-likeness (QED) is 0.592. The van der Waals surface area contributed by atoms with Gasteiger partial charge in [0.15, 0.2) is 0 Å². The molecule has 0 spiro atoms. The first-order chi connectivity index (χ1) is 6.92. The van der Waals surface area contributed by atoms with Crippen molar-refractivity contribution in [2.75, 3.05) is 0 Å². The van der Waals surface area contributed by atoms with Crippen LogP contribution < -0.4 is 0 Å². The Balaban J connectivity index is 4.72. The molecule has 0 aromatic heterocycles. The van der Waals surface area contributed by atoms with Gasteiger partial charge in [0.2, 0.25) is 0 Å². The molecule has 1 N–H and O–H groups in total. The summed E-state index contributed by atoms with van der Waals surface area (Å²) in [7, 11) is 0. The summed E-state index contributed by atoms with van der Waals surface area (Å²) < 4.78 is 61.6. The second-order valence-corrected chi connectivity index (χ2v) is 4.17. The highest BCUT2D eigenvalue weighted by Crippen LogP contribution is 2.45. The SMILES string of the molecule is CC(C)=CCCC(C)(O)C(F)(F)C(F)(F)F. The number of aliphatic hydroxyl groups is 1. The fourth-order valence-electron chi connectivity index (χ4n) is 1.10. The van der Waals surface area contributed by atoms with Crippen molar-refractivity contribution in [1.82, 2.24) is 0 Å². The number of allylic oxidation sites excluding steroid dienone is 2. The van der Waals surface area contributed by atoms with E-state index in [1.54, 1.807) is 13.8 Å². The Labute approximate surface area is 91.0 Å². The molecular formula is C10H15F5O. The van der Waals surface area contributed by atoms with Gasteiger partial charge in [0.25, 0.3) is 0 Å². The van der Waals surface area contributed by atoms with Gasteiger partial charge in [-0.15, -0.1) is 0 Å². The Kier molecular flexibility index (Phi) is 4.50. The van der Waals surface area contributed by atoms with Gasteiger partial charge in [-0.2, -0.15) is 22.0 Å². The molecule has 1 unspecified atom stereocenters. The molecular weight excluding hydrogens is 231 g/mol. The van der Waals surface area contributed by atoms with Crippen molar-refractivity contribution < 1.29 is 27.1 Å². The van der Waals surface area contributed by atoms with Crippen molar-refractivity contribution >= 4 is 0 Å². The van der Waals surface area contributed by atoms with Crippen LogP contribution in [0.1, 0.15) is 33.6 Å². The smallest absolute Gasteiger partial charge is 0.383 e. The molecule has 6 heteroatoms. The Morgan fingerprint density at radius 2 is 1.56 bits per heavy atom. The Morgan fingerprint density at radius 1 is 1.12 bits per heavy atom. The molecule has 0 aromatic carbocycles. The number of halogens is 5. The van der Waals surface area contributed by atoms with Crippen molar-refractivity contribution in [2.45, 2.75) is 51.3 Å². The largest absolute Gasteiger partial charge is 0.456 e. The lowest BCUT2D eigenvalue weighted by Crippen LogP contribution is -2.55. The molecule has 0 fully saturated rings. The average molecular weight is 246 g/mol. The highest BCUT2D eigenvalue weighted by atomic mass is 19.4. The van der Waals surface area contributed by atoms with E-state index in [-0.39, 0.29) is 6.42 Å². The van der Waals surface area contributed by atoms with Crippen LogP contribution in [-0.4, -0.2) is 22.8 Å². The first-order valence-corrected chi connectivity index (χ1v) is 4.72. The summed E-state index contributed by atoms with van der Waals surface area (Å²) in [6, 6.07) is 0. The van der Waals surface area contributed by atoms with Crippen molar-refractivity contribution in [1.29, 1.82) is 0 Å². The predicted octanol–water partition coefficient (Wildman–Crippen LogP) is 3.68. The molecule has 1 nitrogen and oxygen atoms in total. The minimum Gasteiger partial charge on any atom is -0.383 e. The zero-order valence-corrected chi connectivity index (χ0v) is 9.33. The molecule has 0 heterocycles. The van der Waals surface area contributed by atoms with Crippen LogP contribution in [-0.2, 0) is 0 Å². The van der Waals surface area contributed by atoms with Gasteiger partial charge in [0.1, 0.15) is 5.60 Å². The molecule has 0 rings (SSSR count). The van der Waals surface area contributed by atoms with Gasteiger partial charge in [-0.1, -0.05) is 11.6 Å². The van der Waals surface area contributed by atoms with E-state index in [1.807, 2.05) is 0 Å². The molecule has 0 aliphatic rings. The van der Waals surface area contributed by atoms with Crippen molar-refractivity contribution in [2.24, 2.45) is 0 Å². The molecule has 96 valence electrons. The fourth-order valence-corrected chi connectivity index (χ4v) is 1.10. The van der Waals surface area contributed by atoms with E-state index in [0.717, 1.165) is 5.57 Å². The van der Waals surface area contributed by atoms with Crippen molar-refractivity contribution in [3.63, 3.8) is 0 Å². The zero-order valence-electron chi connectivity index (χ0n) is 9.33. The lowest BCUT2D eigenvalue weighted by atomic mass is 9.91. The van der Waals surface area contributed by atoms with Crippen LogP contribution in [0.3, 0.4) is 0 Å². The molecule has 0 aromatic rings. The van der Waals surface area contributed by atoms with Crippen molar-refractivity contribution in [3.05, 3.63) is 11.6 Å². The normalized spacial score (nSPS) is 16.8. The predicted molar refractivity (Wildman–Crippen MR) is 50.3 cm³/mol. The third kappa shape index (κ3) is 3.43. The van der Waals surface area contributed by atoms with Gasteiger partial charge >= 0.3 is 12.1 Å². The maximum atomic E-state index is 12.8. The van der Waals surface area contributed by atoms with Gasteiger partial charge in [-0.3, -0.25) is 0 Å². The highest BCUT2D eigenvalue weighted by molar-refractivity contribution is 4.99. The Hall–Kier alpha value is -0.650. The van der Waals surface area contributed by atoms with Gasteiger partial charge in [-0.05, 0) is 33.6 Å². The van der Waals surface area contributed by atoms with E-state index in [2.05, 4.69) is 0 Å². The van der Waals surface area contributed by atoms with Crippen molar-refractivity contribution in [3.8, 4) is 0 Å². The summed E-state index contributed by atoms with van der Waals surface area (Å²) in [6.45, 7) is 3.88. The zero-order chi connectivity index (χ0) is 13.2. The molecule has 0 saturated heterocycles. The molecule has 0 amide bonds. The number of alkyl halides is 5. The van der Waals surface area contributed by atoms with Crippen LogP contribution in [0.2, 0.25) is 0 Å². The van der Waals surface area contributed by atoms with Gasteiger partial charge in [-0.25, -0.2) is 0 Å². The summed E-state index contributed by atoms with van der Waals surface area (Å²) in [5, 5.41) is 9.19. The lowest BCUT2D eigenvalue weighted by Gasteiger charge is -2.33. The first kappa shape index (κ1) is 15.3. The third-order valence-corrected chi connectivity index (χ3v) is 2.22. The van der Waals surface area contributed by atoms with E-state index < -0.39 is 24.1 Å². The standard InChI is InChI=1S/C10H15F5O/c1-7(2)5-4-6-8(3,16)9(11,12)10(13,14)15/h5,16H,4,6H2,1-3H3. The van der Waals surface area contributed by atoms with E-state index in [4.69, 9.17) is 0 Å². The summed E-state index contributed by atoms with van der Waals surface area (Å²) in [5.41, 5.74) is -2.29. The summed E-state index contributed by atoms with van der Waals surface area (Å²) in [5.74, 6) is -5.10. The molecule has 0 aliphatic heterocycles. The molecule has 1 atom stereocenters. The average Bonchev–Trinajstić information content (AvgIpc) is 2.00. The number of hydrogen-bond donors (Lipinski definition) is 1. The monoisotopic (exact) mass is 246 g/mol. The summed E-state index contributed by atoms with van der Waals surface area (Å²) in [6.07, 6.45) is -4.91. The minimum atomic E-state index is -5.73. The van der Waals surface area contributed by atoms with Crippen LogP contribution in [0, 0.1) is 0 Å². The van der Waals surface area contributed by atoms with E-state index in [1.165, 1.54) is 6.08 Å². The maximum Gasteiger partial charge on any atom is 0.456 e. The Morgan fingerprint density at radius 3 is 1.88 bits per heavy atom. The molecule has 16 heavy (non-hydrogen) atoms. The van der Waals surface area contributed by atoms with E-state index in [0.29, 0.717) is 6.92 Å². The first-order valence-electron chi connectivity index (χ1n) is 4.72. The van der Waals surface area contributed by atoms with Gasteiger partial charge in [0, 0.05) is 0 Å². The van der Waals surface area contributed by atoms with Crippen LogP contribution in [0.25, 0.3) is 0 Å². The van der Waals surface area contributed by atoms with Crippen LogP contribution in [0.5, 0.6) is 0 Å². The van der Waals surface area contributed by atoms with E-state index >= 15 is 0 Å².